The Morgan fingerprint density at radius 1 is 1.15 bits per heavy atom. The predicted octanol–water partition coefficient (Wildman–Crippen LogP) is 3.41. The third-order valence-corrected chi connectivity index (χ3v) is 6.40. The molecule has 1 saturated carbocycles. The highest BCUT2D eigenvalue weighted by Crippen LogP contribution is 2.27. The van der Waals surface area contributed by atoms with Crippen molar-refractivity contribution in [3.63, 3.8) is 0 Å². The van der Waals surface area contributed by atoms with Gasteiger partial charge in [-0.1, -0.05) is 55.8 Å². The molecule has 1 aliphatic carbocycles. The molecule has 0 radical (unpaired) electrons. The van der Waals surface area contributed by atoms with E-state index in [-0.39, 0.29) is 24.7 Å². The van der Waals surface area contributed by atoms with Crippen LogP contribution in [0.3, 0.4) is 0 Å². The zero-order valence-corrected chi connectivity index (χ0v) is 19.9. The van der Waals surface area contributed by atoms with Crippen LogP contribution in [0, 0.1) is 5.92 Å². The van der Waals surface area contributed by atoms with Gasteiger partial charge in [-0.25, -0.2) is 4.79 Å². The number of carbonyl (C=O) groups excluding carboxylic acids is 3. The van der Waals surface area contributed by atoms with E-state index >= 15 is 0 Å². The molecule has 0 heterocycles. The van der Waals surface area contributed by atoms with Crippen LogP contribution in [-0.4, -0.2) is 59.9 Å². The molecule has 8 nitrogen and oxygen atoms in total. The minimum atomic E-state index is -1.27. The summed E-state index contributed by atoms with van der Waals surface area (Å²) in [7, 11) is 1.70. The Bertz CT molecular complexity index is 796. The maximum atomic E-state index is 12.7. The molecule has 0 aliphatic heterocycles. The van der Waals surface area contributed by atoms with Crippen molar-refractivity contribution in [1.82, 2.24) is 15.5 Å². The van der Waals surface area contributed by atoms with E-state index in [1.165, 1.54) is 0 Å². The van der Waals surface area contributed by atoms with E-state index in [0.717, 1.165) is 37.7 Å². The van der Waals surface area contributed by atoms with Gasteiger partial charge in [0.05, 0.1) is 6.04 Å². The number of nitrogens with zero attached hydrogens (tertiary/aromatic N) is 1. The molecule has 0 aromatic heterocycles. The molecule has 9 heteroatoms. The zero-order chi connectivity index (χ0) is 24.2. The van der Waals surface area contributed by atoms with Gasteiger partial charge in [0.15, 0.2) is 0 Å². The van der Waals surface area contributed by atoms with E-state index in [2.05, 4.69) is 10.6 Å². The molecule has 1 aromatic rings. The van der Waals surface area contributed by atoms with Crippen LogP contribution in [0.15, 0.2) is 24.3 Å². The Hall–Kier alpha value is -2.61. The van der Waals surface area contributed by atoms with E-state index in [4.69, 9.17) is 16.7 Å². The minimum absolute atomic E-state index is 0.0977. The number of hydrogen-bond acceptors (Lipinski definition) is 4. The Morgan fingerprint density at radius 2 is 1.82 bits per heavy atom. The Morgan fingerprint density at radius 3 is 2.42 bits per heavy atom. The molecular formula is C24H34ClN3O5. The average Bonchev–Trinajstić information content (AvgIpc) is 2.80. The van der Waals surface area contributed by atoms with Gasteiger partial charge in [-0.05, 0) is 42.9 Å². The number of nitrogens with one attached hydrogen (secondary N) is 2. The number of aldehydes is 1. The van der Waals surface area contributed by atoms with Crippen LogP contribution in [0.5, 0.6) is 0 Å². The number of carboxylic acid groups (broad SMARTS) is 1. The molecule has 1 fully saturated rings. The van der Waals surface area contributed by atoms with Crippen molar-refractivity contribution < 1.29 is 24.3 Å². The molecular weight excluding hydrogens is 446 g/mol. The van der Waals surface area contributed by atoms with E-state index in [0.29, 0.717) is 30.7 Å². The maximum Gasteiger partial charge on any atom is 0.405 e. The van der Waals surface area contributed by atoms with Crippen LogP contribution >= 0.6 is 11.6 Å². The van der Waals surface area contributed by atoms with Crippen molar-refractivity contribution in [3.05, 3.63) is 34.9 Å². The third-order valence-electron chi connectivity index (χ3n) is 6.14. The fourth-order valence-electron chi connectivity index (χ4n) is 4.14. The van der Waals surface area contributed by atoms with Gasteiger partial charge in [0, 0.05) is 25.0 Å². The highest BCUT2D eigenvalue weighted by molar-refractivity contribution is 6.30. The highest BCUT2D eigenvalue weighted by Gasteiger charge is 2.27. The lowest BCUT2D eigenvalue weighted by molar-refractivity contribution is -0.131. The van der Waals surface area contributed by atoms with Crippen molar-refractivity contribution in [3.8, 4) is 0 Å². The normalized spacial score (nSPS) is 15.8. The molecule has 2 unspecified atom stereocenters. The molecule has 33 heavy (non-hydrogen) atoms. The van der Waals surface area contributed by atoms with Gasteiger partial charge < -0.3 is 25.4 Å². The molecule has 182 valence electrons. The fourth-order valence-corrected chi connectivity index (χ4v) is 4.26. The van der Waals surface area contributed by atoms with Crippen molar-refractivity contribution in [2.45, 2.75) is 69.9 Å². The summed E-state index contributed by atoms with van der Waals surface area (Å²) in [4.78, 5) is 49.4. The molecule has 1 aromatic carbocycles. The van der Waals surface area contributed by atoms with Crippen LogP contribution < -0.4 is 10.6 Å². The van der Waals surface area contributed by atoms with E-state index < -0.39 is 24.1 Å². The standard InChI is InChI=1S/C24H34ClN3O5/c1-28(14-13-17-7-9-19(25)10-8-17)22(30)12-11-20(16-29)26-23(31)21(27-24(32)33)15-18-5-3-2-4-6-18/h7-10,16,18,20-21,27H,2-6,11-15H2,1H3,(H,26,31)(H,32,33). The lowest BCUT2D eigenvalue weighted by Crippen LogP contribution is -2.50. The van der Waals surface area contributed by atoms with Crippen LogP contribution in [0.1, 0.15) is 56.9 Å². The summed E-state index contributed by atoms with van der Waals surface area (Å²) in [6.07, 6.45) is 5.93. The van der Waals surface area contributed by atoms with Crippen LogP contribution in [0.2, 0.25) is 5.02 Å². The molecule has 3 N–H and O–H groups in total. The second kappa shape index (κ2) is 13.8. The van der Waals surface area contributed by atoms with Gasteiger partial charge in [-0.15, -0.1) is 0 Å². The second-order valence-corrected chi connectivity index (χ2v) is 9.16. The number of rotatable bonds is 12. The number of benzene rings is 1. The first-order chi connectivity index (χ1) is 15.8. The van der Waals surface area contributed by atoms with Gasteiger partial charge in [0.25, 0.3) is 0 Å². The average molecular weight is 480 g/mol. The molecule has 2 atom stereocenters. The topological polar surface area (TPSA) is 116 Å². The minimum Gasteiger partial charge on any atom is -0.465 e. The van der Waals surface area contributed by atoms with Crippen molar-refractivity contribution >= 4 is 35.8 Å². The number of amides is 3. The van der Waals surface area contributed by atoms with E-state index in [1.54, 1.807) is 24.1 Å². The molecule has 0 bridgehead atoms. The summed E-state index contributed by atoms with van der Waals surface area (Å²) in [6, 6.07) is 5.66. The lowest BCUT2D eigenvalue weighted by atomic mass is 9.84. The Kier molecular flexibility index (Phi) is 11.2. The summed E-state index contributed by atoms with van der Waals surface area (Å²) in [5.41, 5.74) is 1.06. The first-order valence-corrected chi connectivity index (χ1v) is 11.9. The quantitative estimate of drug-likeness (QED) is 0.397. The monoisotopic (exact) mass is 479 g/mol. The van der Waals surface area contributed by atoms with Gasteiger partial charge in [-0.2, -0.15) is 0 Å². The maximum absolute atomic E-state index is 12.7. The summed E-state index contributed by atoms with van der Waals surface area (Å²) in [6.45, 7) is 0.518. The summed E-state index contributed by atoms with van der Waals surface area (Å²) in [5.74, 6) is -0.372. The summed E-state index contributed by atoms with van der Waals surface area (Å²) < 4.78 is 0. The van der Waals surface area contributed by atoms with Crippen molar-refractivity contribution in [2.75, 3.05) is 13.6 Å². The first-order valence-electron chi connectivity index (χ1n) is 11.5. The Labute approximate surface area is 200 Å². The number of halogens is 1. The fraction of sp³-hybridized carbons (Fsp3) is 0.583. The van der Waals surface area contributed by atoms with E-state index in [9.17, 15) is 19.2 Å². The smallest absolute Gasteiger partial charge is 0.405 e. The predicted molar refractivity (Wildman–Crippen MR) is 126 cm³/mol. The van der Waals surface area contributed by atoms with E-state index in [1.807, 2.05) is 12.1 Å². The zero-order valence-electron chi connectivity index (χ0n) is 19.1. The molecule has 2 rings (SSSR count). The lowest BCUT2D eigenvalue weighted by Gasteiger charge is -2.26. The molecule has 1 aliphatic rings. The van der Waals surface area contributed by atoms with Gasteiger partial charge in [0.1, 0.15) is 12.3 Å². The van der Waals surface area contributed by atoms with Gasteiger partial charge in [-0.3, -0.25) is 9.59 Å². The van der Waals surface area contributed by atoms with Crippen LogP contribution in [0.4, 0.5) is 4.79 Å². The SMILES string of the molecule is CN(CCc1ccc(Cl)cc1)C(=O)CCC(C=O)NC(=O)C(CC1CCCCC1)NC(=O)O. The summed E-state index contributed by atoms with van der Waals surface area (Å²) >= 11 is 5.88. The molecule has 0 saturated heterocycles. The highest BCUT2D eigenvalue weighted by atomic mass is 35.5. The van der Waals surface area contributed by atoms with Crippen molar-refractivity contribution in [1.29, 1.82) is 0 Å². The van der Waals surface area contributed by atoms with Crippen LogP contribution in [0.25, 0.3) is 0 Å². The third kappa shape index (κ3) is 9.82. The Balaban J connectivity index is 1.81. The number of likely N-dealkylation sites (N-methyl/N-ethyl adjacent to an activating group) is 1. The van der Waals surface area contributed by atoms with Gasteiger partial charge in [0.2, 0.25) is 11.8 Å². The van der Waals surface area contributed by atoms with Crippen molar-refractivity contribution in [2.24, 2.45) is 5.92 Å². The summed E-state index contributed by atoms with van der Waals surface area (Å²) in [5, 5.41) is 14.7. The van der Waals surface area contributed by atoms with Crippen LogP contribution in [-0.2, 0) is 20.8 Å². The molecule has 3 amide bonds. The first kappa shape index (κ1) is 26.6. The molecule has 0 spiro atoms. The number of carbonyl (C=O) groups is 4. The largest absolute Gasteiger partial charge is 0.465 e. The number of hydrogen-bond donors (Lipinski definition) is 3. The second-order valence-electron chi connectivity index (χ2n) is 8.72. The van der Waals surface area contributed by atoms with Gasteiger partial charge >= 0.3 is 6.09 Å².